The number of piperazine rings is 1. The molecule has 9 heteroatoms. The molecule has 0 aliphatic carbocycles. The maximum absolute atomic E-state index is 13.0. The van der Waals surface area contributed by atoms with Crippen LogP contribution >= 0.6 is 24.0 Å². The van der Waals surface area contributed by atoms with Crippen molar-refractivity contribution in [3.8, 4) is 23.1 Å². The number of carbonyl (C=O) groups is 1. The zero-order valence-corrected chi connectivity index (χ0v) is 31.5. The summed E-state index contributed by atoms with van der Waals surface area (Å²) < 4.78 is 17.8. The highest BCUT2D eigenvalue weighted by molar-refractivity contribution is 6.32. The lowest BCUT2D eigenvalue weighted by molar-refractivity contribution is -0.127. The number of pyridine rings is 1. The molecule has 1 aliphatic rings. The van der Waals surface area contributed by atoms with Gasteiger partial charge in [0.25, 0.3) is 0 Å². The molecule has 1 fully saturated rings. The van der Waals surface area contributed by atoms with E-state index in [1.807, 2.05) is 48.2 Å². The van der Waals surface area contributed by atoms with Crippen molar-refractivity contribution in [1.82, 2.24) is 14.8 Å². The normalized spacial score (nSPS) is 13.1. The molecule has 0 saturated carbocycles. The first-order valence-corrected chi connectivity index (χ1v) is 17.7. The number of hydrogen-bond acceptors (Lipinski definition) is 6. The maximum Gasteiger partial charge on any atom is 0.246 e. The summed E-state index contributed by atoms with van der Waals surface area (Å²) in [6, 6.07) is 32.4. The van der Waals surface area contributed by atoms with E-state index in [1.165, 1.54) is 16.7 Å². The molecule has 2 heterocycles. The number of nitrogens with zero attached hydrogens (tertiary/aromatic N) is 3. The van der Waals surface area contributed by atoms with Gasteiger partial charge in [-0.15, -0.1) is 12.4 Å². The van der Waals surface area contributed by atoms with E-state index in [0.717, 1.165) is 54.1 Å². The molecule has 0 unspecified atom stereocenters. The van der Waals surface area contributed by atoms with Crippen LogP contribution in [0.25, 0.3) is 6.08 Å². The number of aromatic nitrogens is 1. The lowest BCUT2D eigenvalue weighted by atomic mass is 10.1. The Morgan fingerprint density at radius 3 is 2.21 bits per heavy atom. The lowest BCUT2D eigenvalue weighted by Gasteiger charge is -2.34. The summed E-state index contributed by atoms with van der Waals surface area (Å²) >= 11 is 6.63. The summed E-state index contributed by atoms with van der Waals surface area (Å²) in [5, 5.41) is 0.445. The Morgan fingerprint density at radius 1 is 0.808 bits per heavy atom. The highest BCUT2D eigenvalue weighted by Gasteiger charge is 2.20. The highest BCUT2D eigenvalue weighted by Crippen LogP contribution is 2.34. The predicted molar refractivity (Wildman–Crippen MR) is 211 cm³/mol. The van der Waals surface area contributed by atoms with Gasteiger partial charge in [0.05, 0.1) is 17.8 Å². The van der Waals surface area contributed by atoms with E-state index in [0.29, 0.717) is 48.7 Å². The number of benzene rings is 4. The Hall–Kier alpha value is -4.82. The Morgan fingerprint density at radius 2 is 1.52 bits per heavy atom. The van der Waals surface area contributed by atoms with E-state index >= 15 is 0 Å². The summed E-state index contributed by atoms with van der Waals surface area (Å²) in [6.45, 7) is 11.1. The Bertz CT molecular complexity index is 1920. The van der Waals surface area contributed by atoms with Crippen molar-refractivity contribution in [2.45, 2.75) is 40.3 Å². The van der Waals surface area contributed by atoms with Gasteiger partial charge in [0.1, 0.15) is 18.1 Å². The first-order valence-electron chi connectivity index (χ1n) is 17.4. The number of hydrogen-bond donors (Lipinski definition) is 0. The third-order valence-corrected chi connectivity index (χ3v) is 9.25. The van der Waals surface area contributed by atoms with Crippen LogP contribution in [0.3, 0.4) is 0 Å². The fraction of sp³-hybridized carbons (Fsp3) is 0.256. The van der Waals surface area contributed by atoms with Gasteiger partial charge in [-0.3, -0.25) is 9.69 Å². The molecule has 6 rings (SSSR count). The molecule has 0 spiro atoms. The van der Waals surface area contributed by atoms with E-state index in [-0.39, 0.29) is 18.3 Å². The average molecular weight is 739 g/mol. The molecular formula is C43H45Cl2N3O4. The van der Waals surface area contributed by atoms with Gasteiger partial charge in [0.15, 0.2) is 5.75 Å². The van der Waals surface area contributed by atoms with Crippen molar-refractivity contribution in [2.24, 2.45) is 0 Å². The van der Waals surface area contributed by atoms with E-state index < -0.39 is 0 Å². The van der Waals surface area contributed by atoms with Crippen LogP contribution in [-0.4, -0.2) is 53.5 Å². The second-order valence-electron chi connectivity index (χ2n) is 13.0. The van der Waals surface area contributed by atoms with Crippen LogP contribution in [0.5, 0.6) is 23.1 Å². The molecule has 1 aliphatic heterocycles. The minimum atomic E-state index is -0.00472. The molecule has 1 saturated heterocycles. The number of para-hydroxylation sites is 1. The van der Waals surface area contributed by atoms with Gasteiger partial charge in [-0.25, -0.2) is 4.98 Å². The third kappa shape index (κ3) is 10.8. The van der Waals surface area contributed by atoms with E-state index in [1.54, 1.807) is 24.4 Å². The van der Waals surface area contributed by atoms with Crippen LogP contribution in [0, 0.1) is 20.8 Å². The lowest BCUT2D eigenvalue weighted by Crippen LogP contribution is -2.47. The van der Waals surface area contributed by atoms with Gasteiger partial charge in [-0.05, 0) is 84.5 Å². The zero-order chi connectivity index (χ0) is 35.6. The largest absolute Gasteiger partial charge is 0.493 e. The summed E-state index contributed by atoms with van der Waals surface area (Å²) in [5.41, 5.74) is 7.66. The van der Waals surface area contributed by atoms with Crippen molar-refractivity contribution in [3.05, 3.63) is 153 Å². The topological polar surface area (TPSA) is 64.1 Å². The molecule has 0 radical (unpaired) electrons. The molecular weight excluding hydrogens is 693 g/mol. The third-order valence-electron chi connectivity index (χ3n) is 8.97. The standard InChI is InChI=1S/C43H44ClN3O4.ClH/c1-31-8-10-36(11-9-31)30-50-38-17-18-41(45-28-38)51-43-33(3)26-37(27-39(43)44)16-19-42(48)47-23-21-46(22-24-47)29-35-14-12-34(13-15-35)20-25-49-40-7-5-4-6-32(40)2;/h4-19,26-28H,20-25,29-30H2,1-3H3;1H/b19-16+;. The predicted octanol–water partition coefficient (Wildman–Crippen LogP) is 9.43. The number of rotatable bonds is 13. The van der Waals surface area contributed by atoms with E-state index in [2.05, 4.69) is 78.3 Å². The maximum atomic E-state index is 13.0. The van der Waals surface area contributed by atoms with Crippen molar-refractivity contribution >= 4 is 36.0 Å². The van der Waals surface area contributed by atoms with Crippen molar-refractivity contribution in [1.29, 1.82) is 0 Å². The van der Waals surface area contributed by atoms with Crippen LogP contribution in [0.2, 0.25) is 5.02 Å². The molecule has 0 N–H and O–H groups in total. The first-order chi connectivity index (χ1) is 24.8. The van der Waals surface area contributed by atoms with Gasteiger partial charge < -0.3 is 19.1 Å². The van der Waals surface area contributed by atoms with E-state index in [9.17, 15) is 4.79 Å². The Kier molecular flexibility index (Phi) is 13.7. The van der Waals surface area contributed by atoms with Gasteiger partial charge in [-0.2, -0.15) is 0 Å². The monoisotopic (exact) mass is 737 g/mol. The summed E-state index contributed by atoms with van der Waals surface area (Å²) in [5.74, 6) is 2.53. The van der Waals surface area contributed by atoms with E-state index in [4.69, 9.17) is 25.8 Å². The molecule has 0 bridgehead atoms. The summed E-state index contributed by atoms with van der Waals surface area (Å²) in [4.78, 5) is 21.7. The van der Waals surface area contributed by atoms with Crippen LogP contribution < -0.4 is 14.2 Å². The van der Waals surface area contributed by atoms with Gasteiger partial charge in [0, 0.05) is 51.3 Å². The van der Waals surface area contributed by atoms with Gasteiger partial charge in [-0.1, -0.05) is 83.9 Å². The molecule has 4 aromatic carbocycles. The van der Waals surface area contributed by atoms with Crippen molar-refractivity contribution < 1.29 is 19.0 Å². The van der Waals surface area contributed by atoms with Crippen molar-refractivity contribution in [2.75, 3.05) is 32.8 Å². The highest BCUT2D eigenvalue weighted by atomic mass is 35.5. The van der Waals surface area contributed by atoms with Crippen LogP contribution in [-0.2, 0) is 24.4 Å². The zero-order valence-electron chi connectivity index (χ0n) is 29.9. The van der Waals surface area contributed by atoms with Gasteiger partial charge in [0.2, 0.25) is 11.8 Å². The Balaban J connectivity index is 0.00000523. The molecule has 0 atom stereocenters. The first kappa shape index (κ1) is 38.4. The quantitative estimate of drug-likeness (QED) is 0.112. The van der Waals surface area contributed by atoms with Gasteiger partial charge >= 0.3 is 0 Å². The SMILES string of the molecule is Cc1ccc(COc2ccc(Oc3c(C)cc(/C=C/C(=O)N4CCN(Cc5ccc(CCOc6ccccc6C)cc5)CC4)cc3Cl)nc2)cc1.Cl. The number of aryl methyl sites for hydroxylation is 3. The summed E-state index contributed by atoms with van der Waals surface area (Å²) in [6.07, 6.45) is 5.94. The van der Waals surface area contributed by atoms with Crippen molar-refractivity contribution in [3.63, 3.8) is 0 Å². The second-order valence-corrected chi connectivity index (χ2v) is 13.4. The fourth-order valence-corrected chi connectivity index (χ4v) is 6.23. The van der Waals surface area contributed by atoms with Crippen LogP contribution in [0.4, 0.5) is 0 Å². The minimum absolute atomic E-state index is 0. The number of halogens is 2. The van der Waals surface area contributed by atoms with Crippen LogP contribution in [0.15, 0.2) is 109 Å². The number of carbonyl (C=O) groups excluding carboxylic acids is 1. The molecule has 1 aromatic heterocycles. The van der Waals surface area contributed by atoms with Crippen LogP contribution in [0.1, 0.15) is 38.9 Å². The molecule has 7 nitrogen and oxygen atoms in total. The molecule has 1 amide bonds. The average Bonchev–Trinajstić information content (AvgIpc) is 3.14. The number of ether oxygens (including phenoxy) is 3. The smallest absolute Gasteiger partial charge is 0.246 e. The Labute approximate surface area is 318 Å². The molecule has 52 heavy (non-hydrogen) atoms. The number of amides is 1. The minimum Gasteiger partial charge on any atom is -0.493 e. The second kappa shape index (κ2) is 18.6. The summed E-state index contributed by atoms with van der Waals surface area (Å²) in [7, 11) is 0. The molecule has 5 aromatic rings. The molecule has 270 valence electrons. The fourth-order valence-electron chi connectivity index (χ4n) is 5.92.